The molecule has 1 aromatic rings. The van der Waals surface area contributed by atoms with E-state index in [1.807, 2.05) is 17.0 Å². The average Bonchev–Trinajstić information content (AvgIpc) is 2.53. The second-order valence-electron chi connectivity index (χ2n) is 5.54. The minimum Gasteiger partial charge on any atom is -0.489 e. The van der Waals surface area contributed by atoms with Crippen LogP contribution in [0.2, 0.25) is 0 Å². The molecular weight excluding hydrogens is 280 g/mol. The van der Waals surface area contributed by atoms with Crippen LogP contribution in [0.25, 0.3) is 0 Å². The van der Waals surface area contributed by atoms with Crippen LogP contribution in [0.15, 0.2) is 36.9 Å². The Morgan fingerprint density at radius 3 is 2.68 bits per heavy atom. The number of benzene rings is 1. The molecule has 0 aliphatic carbocycles. The number of aliphatic hydroxyl groups is 1. The fourth-order valence-electron chi connectivity index (χ4n) is 2.60. The first kappa shape index (κ1) is 16.5. The summed E-state index contributed by atoms with van der Waals surface area (Å²) in [7, 11) is 0. The summed E-state index contributed by atoms with van der Waals surface area (Å²) in [6.45, 7) is 9.35. The van der Waals surface area contributed by atoms with Gasteiger partial charge in [-0.2, -0.15) is 0 Å². The maximum absolute atomic E-state index is 12.7. The highest BCUT2D eigenvalue weighted by Gasteiger charge is 2.24. The molecule has 1 aliphatic heterocycles. The van der Waals surface area contributed by atoms with E-state index in [-0.39, 0.29) is 12.0 Å². The van der Waals surface area contributed by atoms with E-state index in [1.165, 1.54) is 0 Å². The summed E-state index contributed by atoms with van der Waals surface area (Å²) in [6, 6.07) is 7.30. The molecule has 0 radical (unpaired) electrons. The van der Waals surface area contributed by atoms with Crippen molar-refractivity contribution >= 4 is 5.91 Å². The fraction of sp³-hybridized carbons (Fsp3) is 0.471. The number of hydrogen-bond acceptors (Lipinski definition) is 4. The van der Waals surface area contributed by atoms with E-state index in [2.05, 4.69) is 11.5 Å². The van der Waals surface area contributed by atoms with Crippen LogP contribution >= 0.6 is 0 Å². The van der Waals surface area contributed by atoms with Gasteiger partial charge in [0.15, 0.2) is 0 Å². The predicted molar refractivity (Wildman–Crippen MR) is 86.2 cm³/mol. The number of para-hydroxylation sites is 1. The second-order valence-corrected chi connectivity index (χ2v) is 5.54. The van der Waals surface area contributed by atoms with Crippen molar-refractivity contribution < 1.29 is 14.6 Å². The Morgan fingerprint density at radius 2 is 2.05 bits per heavy atom. The summed E-state index contributed by atoms with van der Waals surface area (Å²) < 4.78 is 5.56. The first-order valence-corrected chi connectivity index (χ1v) is 7.64. The molecule has 22 heavy (non-hydrogen) atoms. The van der Waals surface area contributed by atoms with Crippen LogP contribution in [0.4, 0.5) is 0 Å². The van der Waals surface area contributed by atoms with E-state index in [4.69, 9.17) is 4.74 Å². The van der Waals surface area contributed by atoms with E-state index in [9.17, 15) is 9.90 Å². The van der Waals surface area contributed by atoms with Gasteiger partial charge in [-0.1, -0.05) is 24.8 Å². The maximum atomic E-state index is 12.7. The molecule has 2 rings (SSSR count). The van der Waals surface area contributed by atoms with Crippen molar-refractivity contribution in [2.45, 2.75) is 13.0 Å². The van der Waals surface area contributed by atoms with Gasteiger partial charge < -0.3 is 14.7 Å². The van der Waals surface area contributed by atoms with Crippen LogP contribution in [-0.4, -0.2) is 66.2 Å². The molecule has 1 N–H and O–H groups in total. The minimum absolute atomic E-state index is 0.00337. The molecule has 1 fully saturated rings. The summed E-state index contributed by atoms with van der Waals surface area (Å²) in [5, 5.41) is 9.43. The first-order chi connectivity index (χ1) is 10.6. The standard InChI is InChI=1S/C17H24N2O3/c1-3-12-22-16-7-5-4-6-15(16)17(21)19-10-8-18(9-11-19)13-14(2)20/h3-7,14,20H,1,8-13H2,2H3/t14-/m0/s1. The number of rotatable bonds is 6. The summed E-state index contributed by atoms with van der Waals surface area (Å²) in [5.74, 6) is 0.593. The van der Waals surface area contributed by atoms with Crippen molar-refractivity contribution in [3.05, 3.63) is 42.5 Å². The van der Waals surface area contributed by atoms with Gasteiger partial charge in [0.1, 0.15) is 12.4 Å². The molecule has 0 unspecified atom stereocenters. The highest BCUT2D eigenvalue weighted by molar-refractivity contribution is 5.97. The lowest BCUT2D eigenvalue weighted by Gasteiger charge is -2.35. The summed E-state index contributed by atoms with van der Waals surface area (Å²) in [4.78, 5) is 16.7. The summed E-state index contributed by atoms with van der Waals surface area (Å²) in [6.07, 6.45) is 1.33. The highest BCUT2D eigenvalue weighted by Crippen LogP contribution is 2.20. The average molecular weight is 304 g/mol. The zero-order valence-corrected chi connectivity index (χ0v) is 13.1. The topological polar surface area (TPSA) is 53.0 Å². The molecule has 1 saturated heterocycles. The van der Waals surface area contributed by atoms with Crippen molar-refractivity contribution in [2.75, 3.05) is 39.3 Å². The third kappa shape index (κ3) is 4.32. The third-order valence-corrected chi connectivity index (χ3v) is 3.66. The van der Waals surface area contributed by atoms with Crippen molar-refractivity contribution in [3.8, 4) is 5.75 Å². The third-order valence-electron chi connectivity index (χ3n) is 3.66. The maximum Gasteiger partial charge on any atom is 0.257 e. The van der Waals surface area contributed by atoms with Crippen molar-refractivity contribution in [1.82, 2.24) is 9.80 Å². The fourth-order valence-corrected chi connectivity index (χ4v) is 2.60. The highest BCUT2D eigenvalue weighted by atomic mass is 16.5. The Hall–Kier alpha value is -1.85. The molecular formula is C17H24N2O3. The van der Waals surface area contributed by atoms with Crippen LogP contribution in [0, 0.1) is 0 Å². The van der Waals surface area contributed by atoms with E-state index >= 15 is 0 Å². The lowest BCUT2D eigenvalue weighted by molar-refractivity contribution is 0.0551. The number of carbonyl (C=O) groups excluding carboxylic acids is 1. The van der Waals surface area contributed by atoms with Gasteiger partial charge >= 0.3 is 0 Å². The van der Waals surface area contributed by atoms with Crippen LogP contribution in [0.3, 0.4) is 0 Å². The molecule has 0 bridgehead atoms. The monoisotopic (exact) mass is 304 g/mol. The Bertz CT molecular complexity index is 508. The number of amides is 1. The molecule has 1 atom stereocenters. The largest absolute Gasteiger partial charge is 0.489 e. The van der Waals surface area contributed by atoms with Crippen molar-refractivity contribution in [1.29, 1.82) is 0 Å². The van der Waals surface area contributed by atoms with Gasteiger partial charge in [-0.15, -0.1) is 0 Å². The van der Waals surface area contributed by atoms with E-state index in [0.717, 1.165) is 13.1 Å². The van der Waals surface area contributed by atoms with Gasteiger partial charge in [-0.05, 0) is 19.1 Å². The molecule has 120 valence electrons. The number of β-amino-alcohol motifs (C(OH)–C–C–N with tert-alkyl or cyclic N) is 1. The number of carbonyl (C=O) groups is 1. The van der Waals surface area contributed by atoms with Gasteiger partial charge in [-0.3, -0.25) is 9.69 Å². The van der Waals surface area contributed by atoms with Crippen LogP contribution in [0.1, 0.15) is 17.3 Å². The Labute approximate surface area is 131 Å². The molecule has 0 saturated carbocycles. The summed E-state index contributed by atoms with van der Waals surface area (Å²) in [5.41, 5.74) is 0.591. The zero-order valence-electron chi connectivity index (χ0n) is 13.1. The van der Waals surface area contributed by atoms with Gasteiger partial charge in [-0.25, -0.2) is 0 Å². The van der Waals surface area contributed by atoms with Gasteiger partial charge in [0, 0.05) is 32.7 Å². The Kier molecular flexibility index (Phi) is 5.98. The van der Waals surface area contributed by atoms with Crippen molar-refractivity contribution in [2.24, 2.45) is 0 Å². The molecule has 1 aromatic carbocycles. The Morgan fingerprint density at radius 1 is 1.36 bits per heavy atom. The van der Waals surface area contributed by atoms with Crippen LogP contribution in [0.5, 0.6) is 5.75 Å². The smallest absolute Gasteiger partial charge is 0.257 e. The molecule has 1 heterocycles. The molecule has 1 amide bonds. The van der Waals surface area contributed by atoms with E-state index < -0.39 is 0 Å². The van der Waals surface area contributed by atoms with Gasteiger partial charge in [0.25, 0.3) is 5.91 Å². The zero-order chi connectivity index (χ0) is 15.9. The van der Waals surface area contributed by atoms with E-state index in [1.54, 1.807) is 25.1 Å². The van der Waals surface area contributed by atoms with Crippen LogP contribution < -0.4 is 4.74 Å². The SMILES string of the molecule is C=CCOc1ccccc1C(=O)N1CCN(C[C@H](C)O)CC1. The minimum atomic E-state index is -0.338. The number of nitrogens with zero attached hydrogens (tertiary/aromatic N) is 2. The normalized spacial score (nSPS) is 17.1. The second kappa shape index (κ2) is 7.96. The summed E-state index contributed by atoms with van der Waals surface area (Å²) >= 11 is 0. The predicted octanol–water partition coefficient (Wildman–Crippen LogP) is 1.39. The molecule has 0 spiro atoms. The van der Waals surface area contributed by atoms with Gasteiger partial charge in [0.05, 0.1) is 11.7 Å². The molecule has 5 heteroatoms. The van der Waals surface area contributed by atoms with Crippen LogP contribution in [-0.2, 0) is 0 Å². The molecule has 5 nitrogen and oxygen atoms in total. The quantitative estimate of drug-likeness (QED) is 0.807. The van der Waals surface area contributed by atoms with Gasteiger partial charge in [0.2, 0.25) is 0 Å². The number of ether oxygens (including phenoxy) is 1. The molecule has 1 aliphatic rings. The molecule has 0 aromatic heterocycles. The number of piperazine rings is 1. The lowest BCUT2D eigenvalue weighted by Crippen LogP contribution is -2.50. The number of hydrogen-bond donors (Lipinski definition) is 1. The van der Waals surface area contributed by atoms with Crippen molar-refractivity contribution in [3.63, 3.8) is 0 Å². The van der Waals surface area contributed by atoms with E-state index in [0.29, 0.717) is 37.6 Å². The number of aliphatic hydroxyl groups excluding tert-OH is 1. The Balaban J connectivity index is 1.99. The lowest BCUT2D eigenvalue weighted by atomic mass is 10.1. The first-order valence-electron chi connectivity index (χ1n) is 7.64.